The summed E-state index contributed by atoms with van der Waals surface area (Å²) in [5.41, 5.74) is 1.08. The highest BCUT2D eigenvalue weighted by Crippen LogP contribution is 2.24. The van der Waals surface area contributed by atoms with E-state index in [-0.39, 0.29) is 4.90 Å². The molecule has 0 saturated heterocycles. The summed E-state index contributed by atoms with van der Waals surface area (Å²) in [5, 5.41) is 9.41. The molecular formula is C13H13BrN2O3S. The number of hydrogen-bond acceptors (Lipinski definition) is 4. The lowest BCUT2D eigenvalue weighted by Crippen LogP contribution is -2.13. The van der Waals surface area contributed by atoms with Crippen LogP contribution in [-0.4, -0.2) is 18.5 Å². The van der Waals surface area contributed by atoms with E-state index in [9.17, 15) is 13.5 Å². The van der Waals surface area contributed by atoms with Gasteiger partial charge in [-0.3, -0.25) is 9.71 Å². The molecule has 0 aliphatic rings. The smallest absolute Gasteiger partial charge is 0.261 e. The number of nitrogens with one attached hydrogen (secondary N) is 1. The second-order valence-electron chi connectivity index (χ2n) is 4.21. The van der Waals surface area contributed by atoms with E-state index in [0.717, 1.165) is 0 Å². The fraction of sp³-hybridized carbons (Fsp3) is 0.154. The molecule has 7 heteroatoms. The van der Waals surface area contributed by atoms with E-state index in [1.807, 2.05) is 0 Å². The van der Waals surface area contributed by atoms with Crippen molar-refractivity contribution in [2.24, 2.45) is 0 Å². The Balaban J connectivity index is 2.29. The molecule has 1 atom stereocenters. The maximum atomic E-state index is 12.2. The summed E-state index contributed by atoms with van der Waals surface area (Å²) >= 11 is 3.23. The Hall–Kier alpha value is -1.44. The van der Waals surface area contributed by atoms with Gasteiger partial charge in [-0.05, 0) is 46.6 Å². The molecule has 20 heavy (non-hydrogen) atoms. The van der Waals surface area contributed by atoms with E-state index >= 15 is 0 Å². The summed E-state index contributed by atoms with van der Waals surface area (Å²) in [6.07, 6.45) is 2.38. The molecule has 0 aliphatic heterocycles. The van der Waals surface area contributed by atoms with Crippen LogP contribution in [0.4, 0.5) is 5.69 Å². The minimum atomic E-state index is -3.67. The average molecular weight is 357 g/mol. The first-order valence-corrected chi connectivity index (χ1v) is 8.08. The zero-order valence-corrected chi connectivity index (χ0v) is 13.0. The molecule has 0 radical (unpaired) electrons. The molecule has 5 nitrogen and oxygen atoms in total. The average Bonchev–Trinajstić information content (AvgIpc) is 2.41. The summed E-state index contributed by atoms with van der Waals surface area (Å²) < 4.78 is 27.5. The molecule has 1 aromatic heterocycles. The van der Waals surface area contributed by atoms with Gasteiger partial charge in [0.25, 0.3) is 10.0 Å². The Kier molecular flexibility index (Phi) is 4.42. The molecule has 0 fully saturated rings. The van der Waals surface area contributed by atoms with Crippen molar-refractivity contribution >= 4 is 31.6 Å². The van der Waals surface area contributed by atoms with Crippen LogP contribution in [0.25, 0.3) is 0 Å². The van der Waals surface area contributed by atoms with Crippen molar-refractivity contribution in [2.75, 3.05) is 4.72 Å². The first-order chi connectivity index (χ1) is 9.40. The maximum absolute atomic E-state index is 12.2. The van der Waals surface area contributed by atoms with Crippen LogP contribution in [0.2, 0.25) is 0 Å². The molecule has 2 N–H and O–H groups in total. The number of aliphatic hydroxyl groups is 1. The second-order valence-corrected chi connectivity index (χ2v) is 6.74. The van der Waals surface area contributed by atoms with Gasteiger partial charge in [-0.25, -0.2) is 8.42 Å². The first kappa shape index (κ1) is 15.0. The van der Waals surface area contributed by atoms with Gasteiger partial charge in [-0.15, -0.1) is 0 Å². The van der Waals surface area contributed by atoms with Gasteiger partial charge < -0.3 is 5.11 Å². The fourth-order valence-corrected chi connectivity index (χ4v) is 3.15. The molecule has 2 aromatic rings. The Labute approximate surface area is 125 Å². The summed E-state index contributed by atoms with van der Waals surface area (Å²) in [6, 6.07) is 7.65. The molecule has 0 bridgehead atoms. The maximum Gasteiger partial charge on any atom is 0.261 e. The summed E-state index contributed by atoms with van der Waals surface area (Å²) in [6.45, 7) is 1.62. The van der Waals surface area contributed by atoms with Gasteiger partial charge in [-0.1, -0.05) is 12.1 Å². The number of sulfonamides is 1. The minimum absolute atomic E-state index is 0.130. The third-order valence-corrected chi connectivity index (χ3v) is 4.70. The number of rotatable bonds is 4. The van der Waals surface area contributed by atoms with E-state index < -0.39 is 16.1 Å². The highest BCUT2D eigenvalue weighted by molar-refractivity contribution is 9.10. The molecule has 1 unspecified atom stereocenters. The van der Waals surface area contributed by atoms with E-state index in [1.165, 1.54) is 24.5 Å². The van der Waals surface area contributed by atoms with Gasteiger partial charge >= 0.3 is 0 Å². The van der Waals surface area contributed by atoms with Crippen LogP contribution in [0, 0.1) is 0 Å². The van der Waals surface area contributed by atoms with Crippen molar-refractivity contribution < 1.29 is 13.5 Å². The highest BCUT2D eigenvalue weighted by atomic mass is 79.9. The van der Waals surface area contributed by atoms with Crippen molar-refractivity contribution in [3.8, 4) is 0 Å². The lowest BCUT2D eigenvalue weighted by atomic mass is 10.1. The van der Waals surface area contributed by atoms with Crippen molar-refractivity contribution in [2.45, 2.75) is 17.9 Å². The third-order valence-electron chi connectivity index (χ3n) is 2.69. The Morgan fingerprint density at radius 2 is 1.90 bits per heavy atom. The summed E-state index contributed by atoms with van der Waals surface area (Å²) in [4.78, 5) is 4.00. The normalized spacial score (nSPS) is 12.9. The van der Waals surface area contributed by atoms with Crippen molar-refractivity contribution in [3.05, 3.63) is 52.8 Å². The number of pyridine rings is 1. The molecule has 1 heterocycles. The third kappa shape index (κ3) is 3.36. The molecule has 1 aromatic carbocycles. The van der Waals surface area contributed by atoms with Crippen LogP contribution >= 0.6 is 15.9 Å². The molecule has 0 saturated carbocycles. The Morgan fingerprint density at radius 1 is 1.25 bits per heavy atom. The van der Waals surface area contributed by atoms with Crippen LogP contribution < -0.4 is 4.72 Å². The predicted molar refractivity (Wildman–Crippen MR) is 79.8 cm³/mol. The van der Waals surface area contributed by atoms with Gasteiger partial charge in [0, 0.05) is 12.4 Å². The Bertz CT molecular complexity index is 700. The predicted octanol–water partition coefficient (Wildman–Crippen LogP) is 2.70. The number of aromatic nitrogens is 1. The van der Waals surface area contributed by atoms with E-state index in [4.69, 9.17) is 0 Å². The van der Waals surface area contributed by atoms with Crippen molar-refractivity contribution in [3.63, 3.8) is 0 Å². The van der Waals surface area contributed by atoms with Gasteiger partial charge in [0.05, 0.1) is 21.2 Å². The molecule has 2 rings (SSSR count). The molecular weight excluding hydrogens is 344 g/mol. The lowest BCUT2D eigenvalue weighted by molar-refractivity contribution is 0.199. The largest absolute Gasteiger partial charge is 0.389 e. The molecule has 106 valence electrons. The molecule has 0 spiro atoms. The molecule has 0 aliphatic carbocycles. The number of hydrogen-bond donors (Lipinski definition) is 2. The van der Waals surface area contributed by atoms with Crippen molar-refractivity contribution in [1.29, 1.82) is 0 Å². The Morgan fingerprint density at radius 3 is 2.45 bits per heavy atom. The fourth-order valence-electron chi connectivity index (χ4n) is 1.59. The number of nitrogens with zero attached hydrogens (tertiary/aromatic N) is 1. The van der Waals surface area contributed by atoms with Gasteiger partial charge in [0.1, 0.15) is 0 Å². The van der Waals surface area contributed by atoms with Crippen LogP contribution in [0.5, 0.6) is 0 Å². The number of halogens is 1. The number of benzene rings is 1. The zero-order valence-electron chi connectivity index (χ0n) is 10.6. The highest BCUT2D eigenvalue weighted by Gasteiger charge is 2.15. The van der Waals surface area contributed by atoms with Crippen LogP contribution in [0.3, 0.4) is 0 Å². The van der Waals surface area contributed by atoms with Crippen LogP contribution in [0.15, 0.2) is 52.1 Å². The number of aliphatic hydroxyl groups excluding tert-OH is 1. The summed E-state index contributed by atoms with van der Waals surface area (Å²) in [5.74, 6) is 0. The van der Waals surface area contributed by atoms with Crippen LogP contribution in [-0.2, 0) is 10.0 Å². The van der Waals surface area contributed by atoms with Gasteiger partial charge in [-0.2, -0.15) is 0 Å². The van der Waals surface area contributed by atoms with Gasteiger partial charge in [0.2, 0.25) is 0 Å². The lowest BCUT2D eigenvalue weighted by Gasteiger charge is -2.10. The second kappa shape index (κ2) is 5.90. The zero-order chi connectivity index (χ0) is 14.8. The van der Waals surface area contributed by atoms with Crippen LogP contribution in [0.1, 0.15) is 18.6 Å². The standard InChI is InChI=1S/C13H13BrN2O3S/c1-9(17)10-2-4-11(5-3-10)20(18,19)16-13-6-7-15-8-12(13)14/h2-9,17H,1H3,(H,15,16). The molecule has 0 amide bonds. The quantitative estimate of drug-likeness (QED) is 0.882. The van der Waals surface area contributed by atoms with Gasteiger partial charge in [0.15, 0.2) is 0 Å². The SMILES string of the molecule is CC(O)c1ccc(S(=O)(=O)Nc2ccncc2Br)cc1. The van der Waals surface area contributed by atoms with Crippen molar-refractivity contribution in [1.82, 2.24) is 4.98 Å². The monoisotopic (exact) mass is 356 g/mol. The first-order valence-electron chi connectivity index (χ1n) is 5.80. The summed E-state index contributed by atoms with van der Waals surface area (Å²) in [7, 11) is -3.67. The minimum Gasteiger partial charge on any atom is -0.389 e. The van der Waals surface area contributed by atoms with E-state index in [2.05, 4.69) is 25.6 Å². The number of anilines is 1. The topological polar surface area (TPSA) is 79.3 Å². The van der Waals surface area contributed by atoms with E-state index in [0.29, 0.717) is 15.7 Å². The van der Waals surface area contributed by atoms with E-state index in [1.54, 1.807) is 25.1 Å².